The maximum Gasteiger partial charge on any atom is 0.407 e. The lowest BCUT2D eigenvalue weighted by molar-refractivity contribution is -0.120. The van der Waals surface area contributed by atoms with Crippen molar-refractivity contribution in [1.82, 2.24) is 34.4 Å². The lowest BCUT2D eigenvalue weighted by Gasteiger charge is -2.33. The second kappa shape index (κ2) is 8.22. The summed E-state index contributed by atoms with van der Waals surface area (Å²) in [7, 11) is 1.83. The molecule has 2 amide bonds. The molecule has 1 aliphatic rings. The first-order valence-corrected chi connectivity index (χ1v) is 10.3. The zero-order chi connectivity index (χ0) is 22.9. The molecule has 5 rings (SSSR count). The molecule has 1 aromatic carbocycles. The summed E-state index contributed by atoms with van der Waals surface area (Å²) in [5.74, 6) is 0.192. The third kappa shape index (κ3) is 4.18. The fraction of sp³-hybridized carbons (Fsp3) is 0.238. The number of nitrogens with one attached hydrogen (secondary N) is 1. The van der Waals surface area contributed by atoms with Crippen molar-refractivity contribution in [2.75, 3.05) is 29.9 Å². The zero-order valence-corrected chi connectivity index (χ0v) is 17.8. The van der Waals surface area contributed by atoms with E-state index in [1.165, 1.54) is 0 Å². The van der Waals surface area contributed by atoms with E-state index in [-0.39, 0.29) is 19.0 Å². The highest BCUT2D eigenvalue weighted by molar-refractivity contribution is 5.97. The Balaban J connectivity index is 1.36. The fourth-order valence-corrected chi connectivity index (χ4v) is 3.76. The number of piperazine rings is 1. The Kier molecular flexibility index (Phi) is 5.09. The van der Waals surface area contributed by atoms with Crippen LogP contribution in [0.15, 0.2) is 49.1 Å². The van der Waals surface area contributed by atoms with Crippen LogP contribution in [0.5, 0.6) is 0 Å². The second-order valence-corrected chi connectivity index (χ2v) is 7.72. The summed E-state index contributed by atoms with van der Waals surface area (Å²) in [6.07, 6.45) is 5.85. The van der Waals surface area contributed by atoms with E-state index in [2.05, 4.69) is 25.5 Å². The van der Waals surface area contributed by atoms with Crippen molar-refractivity contribution >= 4 is 40.4 Å². The SMILES string of the molecule is Cn1cc(Nc2ncc3cnn(Cc4cccc(N5CCN(C(=O)O)CC5=O)c4)c3n2)cn1. The number of carbonyl (C=O) groups is 2. The number of hydrogen-bond donors (Lipinski definition) is 2. The van der Waals surface area contributed by atoms with Crippen molar-refractivity contribution in [3.63, 3.8) is 0 Å². The van der Waals surface area contributed by atoms with Gasteiger partial charge < -0.3 is 15.3 Å². The smallest absolute Gasteiger partial charge is 0.407 e. The lowest BCUT2D eigenvalue weighted by atomic mass is 10.1. The number of hydrogen-bond acceptors (Lipinski definition) is 7. The van der Waals surface area contributed by atoms with Crippen molar-refractivity contribution in [3.8, 4) is 0 Å². The molecule has 4 heterocycles. The minimum Gasteiger partial charge on any atom is -0.465 e. The molecule has 33 heavy (non-hydrogen) atoms. The summed E-state index contributed by atoms with van der Waals surface area (Å²) in [4.78, 5) is 35.3. The molecule has 12 nitrogen and oxygen atoms in total. The highest BCUT2D eigenvalue weighted by Gasteiger charge is 2.27. The van der Waals surface area contributed by atoms with Crippen LogP contribution >= 0.6 is 0 Å². The van der Waals surface area contributed by atoms with Gasteiger partial charge in [0.2, 0.25) is 11.9 Å². The standard InChI is InChI=1S/C21H21N9O3/c1-27-12-16(10-23-27)25-20-22-8-15-9-24-30(19(15)26-20)11-14-3-2-4-17(7-14)29-6-5-28(21(32)33)13-18(29)31/h2-4,7-10,12H,5-6,11,13H2,1H3,(H,32,33)(H,22,25,26). The first kappa shape index (κ1) is 20.4. The van der Waals surface area contributed by atoms with Crippen LogP contribution in [0.3, 0.4) is 0 Å². The van der Waals surface area contributed by atoms with Crippen LogP contribution in [0.4, 0.5) is 22.1 Å². The Morgan fingerprint density at radius 3 is 2.82 bits per heavy atom. The second-order valence-electron chi connectivity index (χ2n) is 7.72. The molecule has 168 valence electrons. The third-order valence-corrected chi connectivity index (χ3v) is 5.38. The van der Waals surface area contributed by atoms with Crippen LogP contribution in [0.2, 0.25) is 0 Å². The van der Waals surface area contributed by atoms with Crippen LogP contribution < -0.4 is 10.2 Å². The first-order chi connectivity index (χ1) is 16.0. The molecular weight excluding hydrogens is 426 g/mol. The Morgan fingerprint density at radius 2 is 2.06 bits per heavy atom. The van der Waals surface area contributed by atoms with E-state index in [1.807, 2.05) is 37.5 Å². The number of carboxylic acid groups (broad SMARTS) is 1. The number of fused-ring (bicyclic) bond motifs is 1. The predicted octanol–water partition coefficient (Wildman–Crippen LogP) is 1.68. The van der Waals surface area contributed by atoms with Gasteiger partial charge in [-0.05, 0) is 17.7 Å². The van der Waals surface area contributed by atoms with E-state index in [0.717, 1.165) is 27.2 Å². The summed E-state index contributed by atoms with van der Waals surface area (Å²) in [6, 6.07) is 7.58. The maximum absolute atomic E-state index is 12.5. The van der Waals surface area contributed by atoms with Gasteiger partial charge in [-0.15, -0.1) is 0 Å². The monoisotopic (exact) mass is 447 g/mol. The molecule has 1 saturated heterocycles. The quantitative estimate of drug-likeness (QED) is 0.472. The Hall–Kier alpha value is -4.48. The molecule has 2 N–H and O–H groups in total. The van der Waals surface area contributed by atoms with Gasteiger partial charge in [-0.1, -0.05) is 12.1 Å². The number of aromatic nitrogens is 6. The fourth-order valence-electron chi connectivity index (χ4n) is 3.76. The average molecular weight is 447 g/mol. The minimum atomic E-state index is -1.08. The molecule has 0 atom stereocenters. The van der Waals surface area contributed by atoms with Gasteiger partial charge >= 0.3 is 6.09 Å². The van der Waals surface area contributed by atoms with Gasteiger partial charge in [-0.3, -0.25) is 14.4 Å². The average Bonchev–Trinajstić information content (AvgIpc) is 3.39. The van der Waals surface area contributed by atoms with Gasteiger partial charge in [0.05, 0.1) is 30.0 Å². The van der Waals surface area contributed by atoms with Crippen molar-refractivity contribution < 1.29 is 14.7 Å². The Bertz CT molecular complexity index is 1350. The maximum atomic E-state index is 12.5. The van der Waals surface area contributed by atoms with Gasteiger partial charge in [0, 0.05) is 38.2 Å². The van der Waals surface area contributed by atoms with Crippen molar-refractivity contribution in [2.45, 2.75) is 6.54 Å². The molecule has 0 unspecified atom stereocenters. The molecule has 4 aromatic rings. The molecule has 1 aliphatic heterocycles. The van der Waals surface area contributed by atoms with Crippen molar-refractivity contribution in [2.24, 2.45) is 7.05 Å². The third-order valence-electron chi connectivity index (χ3n) is 5.38. The number of aryl methyl sites for hydroxylation is 1. The van der Waals surface area contributed by atoms with Gasteiger partial charge in [0.1, 0.15) is 6.54 Å². The number of amides is 2. The van der Waals surface area contributed by atoms with Gasteiger partial charge in [-0.2, -0.15) is 15.2 Å². The van der Waals surface area contributed by atoms with E-state index in [9.17, 15) is 9.59 Å². The normalized spacial score (nSPS) is 14.2. The minimum absolute atomic E-state index is 0.146. The van der Waals surface area contributed by atoms with Crippen LogP contribution in [-0.4, -0.2) is 71.2 Å². The first-order valence-electron chi connectivity index (χ1n) is 10.3. The molecule has 0 saturated carbocycles. The van der Waals surface area contributed by atoms with Crippen molar-refractivity contribution in [1.29, 1.82) is 0 Å². The molecule has 0 radical (unpaired) electrons. The van der Waals surface area contributed by atoms with Crippen LogP contribution in [-0.2, 0) is 18.4 Å². The zero-order valence-electron chi connectivity index (χ0n) is 17.8. The highest BCUT2D eigenvalue weighted by Crippen LogP contribution is 2.21. The predicted molar refractivity (Wildman–Crippen MR) is 119 cm³/mol. The van der Waals surface area contributed by atoms with E-state index in [4.69, 9.17) is 5.11 Å². The number of anilines is 3. The molecule has 0 aliphatic carbocycles. The molecule has 0 spiro atoms. The largest absolute Gasteiger partial charge is 0.465 e. The Labute approximate surface area is 188 Å². The summed E-state index contributed by atoms with van der Waals surface area (Å²) in [5, 5.41) is 21.6. The van der Waals surface area contributed by atoms with Crippen LogP contribution in [0.25, 0.3) is 11.0 Å². The van der Waals surface area contributed by atoms with E-state index < -0.39 is 6.09 Å². The van der Waals surface area contributed by atoms with Crippen LogP contribution in [0, 0.1) is 0 Å². The lowest BCUT2D eigenvalue weighted by Crippen LogP contribution is -2.52. The summed E-state index contributed by atoms with van der Waals surface area (Å²) in [5.41, 5.74) is 3.12. The van der Waals surface area contributed by atoms with Crippen molar-refractivity contribution in [3.05, 3.63) is 54.6 Å². The summed E-state index contributed by atoms with van der Waals surface area (Å²) in [6.45, 7) is 0.894. The molecular formula is C21H21N9O3. The van der Waals surface area contributed by atoms with Gasteiger partial charge in [0.15, 0.2) is 5.65 Å². The van der Waals surface area contributed by atoms with Gasteiger partial charge in [-0.25, -0.2) is 14.5 Å². The number of benzene rings is 1. The van der Waals surface area contributed by atoms with E-state index in [1.54, 1.807) is 32.9 Å². The highest BCUT2D eigenvalue weighted by atomic mass is 16.4. The Morgan fingerprint density at radius 1 is 1.18 bits per heavy atom. The molecule has 12 heteroatoms. The number of nitrogens with zero attached hydrogens (tertiary/aromatic N) is 8. The number of carbonyl (C=O) groups excluding carboxylic acids is 1. The van der Waals surface area contributed by atoms with E-state index in [0.29, 0.717) is 24.7 Å². The number of rotatable bonds is 5. The molecule has 0 bridgehead atoms. The molecule has 1 fully saturated rings. The van der Waals surface area contributed by atoms with Crippen LogP contribution in [0.1, 0.15) is 5.56 Å². The topological polar surface area (TPSA) is 134 Å². The summed E-state index contributed by atoms with van der Waals surface area (Å²) >= 11 is 0. The summed E-state index contributed by atoms with van der Waals surface area (Å²) < 4.78 is 3.46. The van der Waals surface area contributed by atoms with Gasteiger partial charge in [0.25, 0.3) is 0 Å². The molecule has 3 aromatic heterocycles. The van der Waals surface area contributed by atoms with E-state index >= 15 is 0 Å².